The van der Waals surface area contributed by atoms with Crippen molar-refractivity contribution in [3.8, 4) is 5.69 Å². The number of tetrazole rings is 1. The molecule has 6 nitrogen and oxygen atoms in total. The van der Waals surface area contributed by atoms with E-state index in [4.69, 9.17) is 0 Å². The summed E-state index contributed by atoms with van der Waals surface area (Å²) in [7, 11) is 1.82. The van der Waals surface area contributed by atoms with Crippen molar-refractivity contribution in [3.05, 3.63) is 65.2 Å². The van der Waals surface area contributed by atoms with Crippen LogP contribution in [0.25, 0.3) is 5.69 Å². The van der Waals surface area contributed by atoms with Crippen LogP contribution < -0.4 is 0 Å². The molecule has 3 aromatic rings. The fourth-order valence-electron chi connectivity index (χ4n) is 2.99. The van der Waals surface area contributed by atoms with E-state index in [1.807, 2.05) is 76.3 Å². The lowest BCUT2D eigenvalue weighted by Gasteiger charge is -2.21. The molecule has 140 valence electrons. The highest BCUT2D eigenvalue weighted by Crippen LogP contribution is 2.27. The number of thioether (sulfide) groups is 1. The van der Waals surface area contributed by atoms with Crippen molar-refractivity contribution in [2.75, 3.05) is 7.05 Å². The molecule has 1 amide bonds. The Bertz CT molecular complexity index is 905. The molecular formula is C20H23N5OS. The van der Waals surface area contributed by atoms with Gasteiger partial charge in [-0.2, -0.15) is 4.68 Å². The quantitative estimate of drug-likeness (QED) is 0.612. The van der Waals surface area contributed by atoms with Crippen molar-refractivity contribution in [2.24, 2.45) is 0 Å². The fraction of sp³-hybridized carbons (Fsp3) is 0.300. The molecular weight excluding hydrogens is 358 g/mol. The van der Waals surface area contributed by atoms with Gasteiger partial charge in [-0.05, 0) is 47.9 Å². The average Bonchev–Trinajstić information content (AvgIpc) is 3.09. The third kappa shape index (κ3) is 4.36. The van der Waals surface area contributed by atoms with Crippen LogP contribution in [0.15, 0.2) is 53.7 Å². The summed E-state index contributed by atoms with van der Waals surface area (Å²) in [5.41, 5.74) is 4.24. The van der Waals surface area contributed by atoms with Crippen molar-refractivity contribution in [1.82, 2.24) is 25.1 Å². The van der Waals surface area contributed by atoms with E-state index in [9.17, 15) is 4.79 Å². The summed E-state index contributed by atoms with van der Waals surface area (Å²) in [4.78, 5) is 14.5. The zero-order valence-electron chi connectivity index (χ0n) is 16.0. The number of aromatic nitrogens is 4. The molecule has 0 aliphatic heterocycles. The van der Waals surface area contributed by atoms with Gasteiger partial charge in [0.2, 0.25) is 11.1 Å². The number of hydrogen-bond donors (Lipinski definition) is 0. The van der Waals surface area contributed by atoms with Crippen LogP contribution in [0, 0.1) is 13.8 Å². The highest BCUT2D eigenvalue weighted by Gasteiger charge is 2.23. The Morgan fingerprint density at radius 1 is 1.11 bits per heavy atom. The topological polar surface area (TPSA) is 63.9 Å². The summed E-state index contributed by atoms with van der Waals surface area (Å²) < 4.78 is 1.72. The maximum atomic E-state index is 12.8. The maximum absolute atomic E-state index is 12.8. The summed E-state index contributed by atoms with van der Waals surface area (Å²) in [6.45, 7) is 6.52. The third-order valence-electron chi connectivity index (χ3n) is 4.36. The molecule has 0 fully saturated rings. The first-order valence-corrected chi connectivity index (χ1v) is 9.66. The number of carbonyl (C=O) groups excluding carboxylic acids is 1. The highest BCUT2D eigenvalue weighted by atomic mass is 32.2. The van der Waals surface area contributed by atoms with E-state index in [2.05, 4.69) is 15.5 Å². The molecule has 1 heterocycles. The SMILES string of the molecule is Cc1cccc(C)c1-n1nnnc1S[C@@H](C)C(=O)N(C)Cc1ccccc1. The Kier molecular flexibility index (Phi) is 5.91. The summed E-state index contributed by atoms with van der Waals surface area (Å²) in [6, 6.07) is 16.0. The van der Waals surface area contributed by atoms with Gasteiger partial charge in [0.15, 0.2) is 0 Å². The van der Waals surface area contributed by atoms with E-state index in [0.29, 0.717) is 11.7 Å². The van der Waals surface area contributed by atoms with E-state index in [0.717, 1.165) is 22.4 Å². The van der Waals surface area contributed by atoms with Crippen LogP contribution in [0.4, 0.5) is 0 Å². The van der Waals surface area contributed by atoms with Gasteiger partial charge in [-0.25, -0.2) is 0 Å². The van der Waals surface area contributed by atoms with E-state index in [1.54, 1.807) is 9.58 Å². The molecule has 27 heavy (non-hydrogen) atoms. The van der Waals surface area contributed by atoms with Crippen LogP contribution in [0.2, 0.25) is 0 Å². The molecule has 0 radical (unpaired) electrons. The number of rotatable bonds is 6. The summed E-state index contributed by atoms with van der Waals surface area (Å²) in [6.07, 6.45) is 0. The number of amides is 1. The van der Waals surface area contributed by atoms with Crippen LogP contribution >= 0.6 is 11.8 Å². The van der Waals surface area contributed by atoms with E-state index < -0.39 is 0 Å². The minimum Gasteiger partial charge on any atom is -0.340 e. The Labute approximate surface area is 163 Å². The standard InChI is InChI=1S/C20H23N5OS/c1-14-9-8-10-15(2)18(14)25-20(21-22-23-25)27-16(3)19(26)24(4)13-17-11-6-5-7-12-17/h5-12,16H,13H2,1-4H3/t16-/m0/s1. The predicted octanol–water partition coefficient (Wildman–Crippen LogP) is 3.42. The van der Waals surface area contributed by atoms with Crippen molar-refractivity contribution < 1.29 is 4.79 Å². The molecule has 0 saturated heterocycles. The number of aryl methyl sites for hydroxylation is 2. The molecule has 0 N–H and O–H groups in total. The van der Waals surface area contributed by atoms with Gasteiger partial charge in [-0.1, -0.05) is 60.3 Å². The van der Waals surface area contributed by atoms with E-state index >= 15 is 0 Å². The van der Waals surface area contributed by atoms with E-state index in [1.165, 1.54) is 11.8 Å². The second-order valence-electron chi connectivity index (χ2n) is 6.55. The summed E-state index contributed by atoms with van der Waals surface area (Å²) >= 11 is 1.37. The Morgan fingerprint density at radius 3 is 2.44 bits per heavy atom. The number of para-hydroxylation sites is 1. The number of hydrogen-bond acceptors (Lipinski definition) is 5. The zero-order valence-corrected chi connectivity index (χ0v) is 16.8. The van der Waals surface area contributed by atoms with Crippen LogP contribution in [-0.2, 0) is 11.3 Å². The first-order valence-electron chi connectivity index (χ1n) is 8.78. The van der Waals surface area contributed by atoms with Gasteiger partial charge < -0.3 is 4.90 Å². The minimum atomic E-state index is -0.298. The molecule has 1 aromatic heterocycles. The van der Waals surface area contributed by atoms with Crippen molar-refractivity contribution in [3.63, 3.8) is 0 Å². The van der Waals surface area contributed by atoms with Crippen LogP contribution in [0.1, 0.15) is 23.6 Å². The van der Waals surface area contributed by atoms with Gasteiger partial charge in [0, 0.05) is 13.6 Å². The van der Waals surface area contributed by atoms with Crippen LogP contribution in [-0.4, -0.2) is 43.3 Å². The van der Waals surface area contributed by atoms with Gasteiger partial charge >= 0.3 is 0 Å². The molecule has 0 bridgehead atoms. The number of carbonyl (C=O) groups is 1. The second-order valence-corrected chi connectivity index (χ2v) is 7.86. The number of nitrogens with zero attached hydrogens (tertiary/aromatic N) is 5. The van der Waals surface area contributed by atoms with Gasteiger partial charge in [0.1, 0.15) is 0 Å². The Balaban J connectivity index is 1.74. The molecule has 3 rings (SSSR count). The lowest BCUT2D eigenvalue weighted by molar-refractivity contribution is -0.129. The summed E-state index contributed by atoms with van der Waals surface area (Å²) in [5, 5.41) is 12.4. The maximum Gasteiger partial charge on any atom is 0.235 e. The van der Waals surface area contributed by atoms with Gasteiger partial charge in [-0.15, -0.1) is 5.10 Å². The normalized spacial score (nSPS) is 12.0. The first kappa shape index (κ1) is 19.1. The molecule has 0 saturated carbocycles. The lowest BCUT2D eigenvalue weighted by atomic mass is 10.1. The number of benzene rings is 2. The second kappa shape index (κ2) is 8.35. The molecule has 0 spiro atoms. The van der Waals surface area contributed by atoms with Gasteiger partial charge in [0.25, 0.3) is 0 Å². The third-order valence-corrected chi connectivity index (χ3v) is 5.38. The van der Waals surface area contributed by atoms with E-state index in [-0.39, 0.29) is 11.2 Å². The Morgan fingerprint density at radius 2 is 1.78 bits per heavy atom. The van der Waals surface area contributed by atoms with Crippen LogP contribution in [0.5, 0.6) is 0 Å². The largest absolute Gasteiger partial charge is 0.340 e. The first-order chi connectivity index (χ1) is 13.0. The van der Waals surface area contributed by atoms with Gasteiger partial charge in [-0.3, -0.25) is 4.79 Å². The smallest absolute Gasteiger partial charge is 0.235 e. The molecule has 0 unspecified atom stereocenters. The molecule has 7 heteroatoms. The predicted molar refractivity (Wildman–Crippen MR) is 107 cm³/mol. The summed E-state index contributed by atoms with van der Waals surface area (Å²) in [5.74, 6) is 0.0416. The molecule has 2 aromatic carbocycles. The average molecular weight is 382 g/mol. The zero-order chi connectivity index (χ0) is 19.4. The highest BCUT2D eigenvalue weighted by molar-refractivity contribution is 8.00. The molecule has 0 aliphatic carbocycles. The van der Waals surface area contributed by atoms with Crippen LogP contribution in [0.3, 0.4) is 0 Å². The van der Waals surface area contributed by atoms with Crippen molar-refractivity contribution in [2.45, 2.75) is 37.7 Å². The molecule has 0 aliphatic rings. The van der Waals surface area contributed by atoms with Gasteiger partial charge in [0.05, 0.1) is 10.9 Å². The lowest BCUT2D eigenvalue weighted by Crippen LogP contribution is -2.33. The Hall–Kier alpha value is -2.67. The fourth-order valence-corrected chi connectivity index (χ4v) is 3.89. The van der Waals surface area contributed by atoms with Crippen molar-refractivity contribution >= 4 is 17.7 Å². The molecule has 1 atom stereocenters. The van der Waals surface area contributed by atoms with Crippen molar-refractivity contribution in [1.29, 1.82) is 0 Å². The monoisotopic (exact) mass is 381 g/mol. The minimum absolute atomic E-state index is 0.0416.